The predicted octanol–water partition coefficient (Wildman–Crippen LogP) is 4.05. The van der Waals surface area contributed by atoms with E-state index in [1.807, 2.05) is 6.07 Å². The van der Waals surface area contributed by atoms with Crippen molar-refractivity contribution in [2.45, 2.75) is 39.0 Å². The van der Waals surface area contributed by atoms with Crippen molar-refractivity contribution in [1.29, 1.82) is 0 Å². The van der Waals surface area contributed by atoms with Crippen LogP contribution in [0.5, 0.6) is 0 Å². The molecule has 0 saturated carbocycles. The van der Waals surface area contributed by atoms with Crippen molar-refractivity contribution < 1.29 is 4.74 Å². The highest BCUT2D eigenvalue weighted by molar-refractivity contribution is 7.80. The molecule has 0 spiro atoms. The summed E-state index contributed by atoms with van der Waals surface area (Å²) in [7, 11) is 0. The van der Waals surface area contributed by atoms with Gasteiger partial charge < -0.3 is 15.0 Å². The molecule has 0 radical (unpaired) electrons. The van der Waals surface area contributed by atoms with Crippen LogP contribution >= 0.6 is 12.2 Å². The summed E-state index contributed by atoms with van der Waals surface area (Å²) in [5, 5.41) is 4.21. The fourth-order valence-electron chi connectivity index (χ4n) is 3.11. The van der Waals surface area contributed by atoms with Gasteiger partial charge in [-0.25, -0.2) is 0 Å². The Balaban J connectivity index is 1.68. The lowest BCUT2D eigenvalue weighted by Crippen LogP contribution is -2.42. The minimum atomic E-state index is 0.287. The van der Waals surface area contributed by atoms with Crippen LogP contribution in [-0.2, 0) is 17.8 Å². The van der Waals surface area contributed by atoms with Gasteiger partial charge in [-0.3, -0.25) is 0 Å². The molecular formula is C21H26N2OS. The molecule has 1 N–H and O–H groups in total. The molecular weight excluding hydrogens is 328 g/mol. The minimum absolute atomic E-state index is 0.287. The van der Waals surface area contributed by atoms with Crippen LogP contribution in [0.2, 0.25) is 0 Å². The molecule has 3 nitrogen and oxygen atoms in total. The molecule has 0 amide bonds. The molecule has 0 unspecified atom stereocenters. The molecule has 3 rings (SSSR count). The molecule has 0 aromatic heterocycles. The van der Waals surface area contributed by atoms with Crippen LogP contribution in [0.15, 0.2) is 54.6 Å². The Morgan fingerprint density at radius 2 is 1.88 bits per heavy atom. The van der Waals surface area contributed by atoms with Gasteiger partial charge in [0.25, 0.3) is 0 Å². The number of nitrogens with zero attached hydrogens (tertiary/aromatic N) is 1. The van der Waals surface area contributed by atoms with E-state index in [-0.39, 0.29) is 6.10 Å². The Morgan fingerprint density at radius 3 is 2.60 bits per heavy atom. The molecule has 1 heterocycles. The van der Waals surface area contributed by atoms with Crippen LogP contribution in [-0.4, -0.2) is 29.3 Å². The maximum Gasteiger partial charge on any atom is 0.169 e. The fourth-order valence-corrected chi connectivity index (χ4v) is 3.33. The monoisotopic (exact) mass is 354 g/mol. The predicted molar refractivity (Wildman–Crippen MR) is 106 cm³/mol. The van der Waals surface area contributed by atoms with E-state index in [0.717, 1.165) is 44.2 Å². The minimum Gasteiger partial charge on any atom is -0.376 e. The van der Waals surface area contributed by atoms with Crippen LogP contribution in [0.1, 0.15) is 29.5 Å². The van der Waals surface area contributed by atoms with E-state index in [1.165, 1.54) is 16.7 Å². The first kappa shape index (κ1) is 17.9. The number of ether oxygens (including phenoxy) is 1. The van der Waals surface area contributed by atoms with E-state index in [1.54, 1.807) is 0 Å². The topological polar surface area (TPSA) is 24.5 Å². The van der Waals surface area contributed by atoms with Crippen molar-refractivity contribution in [2.75, 3.05) is 13.2 Å². The average Bonchev–Trinajstić information content (AvgIpc) is 3.15. The number of aryl methyl sites for hydroxylation is 1. The van der Waals surface area contributed by atoms with Crippen LogP contribution < -0.4 is 5.32 Å². The number of hydrogen-bond donors (Lipinski definition) is 1. The van der Waals surface area contributed by atoms with Gasteiger partial charge in [-0.05, 0) is 48.7 Å². The van der Waals surface area contributed by atoms with Crippen molar-refractivity contribution in [1.82, 2.24) is 10.2 Å². The van der Waals surface area contributed by atoms with Gasteiger partial charge in [0, 0.05) is 26.2 Å². The Bertz CT molecular complexity index is 683. The average molecular weight is 355 g/mol. The van der Waals surface area contributed by atoms with Gasteiger partial charge in [-0.2, -0.15) is 0 Å². The molecule has 25 heavy (non-hydrogen) atoms. The first-order valence-corrected chi connectivity index (χ1v) is 9.36. The maximum absolute atomic E-state index is 5.71. The number of thiocarbonyl (C=S) groups is 1. The van der Waals surface area contributed by atoms with Crippen molar-refractivity contribution in [3.05, 3.63) is 71.3 Å². The lowest BCUT2D eigenvalue weighted by molar-refractivity contribution is 0.113. The van der Waals surface area contributed by atoms with Crippen molar-refractivity contribution in [3.63, 3.8) is 0 Å². The van der Waals surface area contributed by atoms with Crippen LogP contribution in [0.3, 0.4) is 0 Å². The molecule has 0 bridgehead atoms. The number of nitrogens with one attached hydrogen (secondary N) is 1. The smallest absolute Gasteiger partial charge is 0.169 e. The summed E-state index contributed by atoms with van der Waals surface area (Å²) in [5.74, 6) is 0. The van der Waals surface area contributed by atoms with E-state index >= 15 is 0 Å². The van der Waals surface area contributed by atoms with Crippen molar-refractivity contribution >= 4 is 17.3 Å². The first-order chi connectivity index (χ1) is 12.2. The Kier molecular flexibility index (Phi) is 6.42. The van der Waals surface area contributed by atoms with Crippen molar-refractivity contribution in [3.8, 4) is 0 Å². The van der Waals surface area contributed by atoms with E-state index in [0.29, 0.717) is 0 Å². The summed E-state index contributed by atoms with van der Waals surface area (Å²) < 4.78 is 5.70. The Labute approximate surface area is 156 Å². The normalized spacial score (nSPS) is 16.6. The van der Waals surface area contributed by atoms with Gasteiger partial charge in [0.05, 0.1) is 6.10 Å². The molecule has 1 saturated heterocycles. The summed E-state index contributed by atoms with van der Waals surface area (Å²) in [6, 6.07) is 19.0. The molecule has 132 valence electrons. The third kappa shape index (κ3) is 5.28. The zero-order chi connectivity index (χ0) is 17.5. The molecule has 2 aromatic rings. The standard InChI is InChI=1S/C21H26N2OS/c1-17-8-5-6-11-19(17)16-23(15-18-9-3-2-4-10-18)21(25)22-14-20-12-7-13-24-20/h2-6,8-11,20H,7,12-16H2,1H3,(H,22,25)/t20-/m0/s1. The zero-order valence-electron chi connectivity index (χ0n) is 14.8. The lowest BCUT2D eigenvalue weighted by atomic mass is 10.1. The second-order valence-electron chi connectivity index (χ2n) is 6.59. The Morgan fingerprint density at radius 1 is 1.12 bits per heavy atom. The summed E-state index contributed by atoms with van der Waals surface area (Å²) in [6.07, 6.45) is 2.55. The maximum atomic E-state index is 5.71. The summed E-state index contributed by atoms with van der Waals surface area (Å²) in [6.45, 7) is 5.41. The van der Waals surface area contributed by atoms with Gasteiger partial charge in [0.2, 0.25) is 0 Å². The molecule has 1 aliphatic rings. The molecule has 2 aromatic carbocycles. The third-order valence-electron chi connectivity index (χ3n) is 4.63. The van der Waals surface area contributed by atoms with Crippen molar-refractivity contribution in [2.24, 2.45) is 0 Å². The second kappa shape index (κ2) is 8.97. The van der Waals surface area contributed by atoms with Crippen LogP contribution in [0.4, 0.5) is 0 Å². The first-order valence-electron chi connectivity index (χ1n) is 8.95. The van der Waals surface area contributed by atoms with E-state index in [2.05, 4.69) is 65.7 Å². The van der Waals surface area contributed by atoms with Gasteiger partial charge >= 0.3 is 0 Å². The number of hydrogen-bond acceptors (Lipinski definition) is 2. The van der Waals surface area contributed by atoms with Gasteiger partial charge in [0.15, 0.2) is 5.11 Å². The summed E-state index contributed by atoms with van der Waals surface area (Å²) in [5.41, 5.74) is 3.86. The van der Waals surface area contributed by atoms with E-state index < -0.39 is 0 Å². The highest BCUT2D eigenvalue weighted by atomic mass is 32.1. The molecule has 0 aliphatic carbocycles. The third-order valence-corrected chi connectivity index (χ3v) is 5.03. The fraction of sp³-hybridized carbons (Fsp3) is 0.381. The summed E-state index contributed by atoms with van der Waals surface area (Å²) >= 11 is 5.71. The number of benzene rings is 2. The van der Waals surface area contributed by atoms with Gasteiger partial charge in [-0.1, -0.05) is 54.6 Å². The van der Waals surface area contributed by atoms with E-state index in [4.69, 9.17) is 17.0 Å². The largest absolute Gasteiger partial charge is 0.376 e. The van der Waals surface area contributed by atoms with Crippen LogP contribution in [0, 0.1) is 6.92 Å². The second-order valence-corrected chi connectivity index (χ2v) is 6.98. The Hall–Kier alpha value is -1.91. The van der Waals surface area contributed by atoms with Gasteiger partial charge in [0.1, 0.15) is 0 Å². The quantitative estimate of drug-likeness (QED) is 0.791. The number of rotatable bonds is 6. The van der Waals surface area contributed by atoms with E-state index in [9.17, 15) is 0 Å². The molecule has 4 heteroatoms. The highest BCUT2D eigenvalue weighted by Crippen LogP contribution is 2.15. The highest BCUT2D eigenvalue weighted by Gasteiger charge is 2.18. The molecule has 1 atom stereocenters. The SMILES string of the molecule is Cc1ccccc1CN(Cc1ccccc1)C(=S)NC[C@@H]1CCCO1. The summed E-state index contributed by atoms with van der Waals surface area (Å²) in [4.78, 5) is 2.24. The van der Waals surface area contributed by atoms with Gasteiger partial charge in [-0.15, -0.1) is 0 Å². The van der Waals surface area contributed by atoms with Crippen LogP contribution in [0.25, 0.3) is 0 Å². The molecule has 1 aliphatic heterocycles. The lowest BCUT2D eigenvalue weighted by Gasteiger charge is -2.27. The molecule has 1 fully saturated rings. The zero-order valence-corrected chi connectivity index (χ0v) is 15.6.